The van der Waals surface area contributed by atoms with E-state index in [9.17, 15) is 9.90 Å². The number of nitrogens with one attached hydrogen (secondary N) is 2. The van der Waals surface area contributed by atoms with Gasteiger partial charge in [-0.25, -0.2) is 9.97 Å². The van der Waals surface area contributed by atoms with E-state index in [-0.39, 0.29) is 5.91 Å². The van der Waals surface area contributed by atoms with E-state index in [1.165, 1.54) is 0 Å². The van der Waals surface area contributed by atoms with Gasteiger partial charge in [-0.3, -0.25) is 9.20 Å². The average molecular weight is 444 g/mol. The quantitative estimate of drug-likeness (QED) is 0.543. The molecule has 0 saturated heterocycles. The van der Waals surface area contributed by atoms with Crippen LogP contribution in [0.15, 0.2) is 41.3 Å². The van der Waals surface area contributed by atoms with E-state index in [1.54, 1.807) is 20.0 Å². The molecule has 2 heterocycles. The predicted octanol–water partition coefficient (Wildman–Crippen LogP) is 3.23. The molecule has 0 aliphatic heterocycles. The van der Waals surface area contributed by atoms with Gasteiger partial charge in [0.1, 0.15) is 4.60 Å². The second-order valence-corrected chi connectivity index (χ2v) is 8.55. The Bertz CT molecular complexity index is 1020. The smallest absolute Gasteiger partial charge is 0.251 e. The summed E-state index contributed by atoms with van der Waals surface area (Å²) < 4.78 is 2.58. The molecule has 7 nitrogen and oxygen atoms in total. The Kier molecular flexibility index (Phi) is 4.84. The van der Waals surface area contributed by atoms with Crippen LogP contribution >= 0.6 is 15.9 Å². The monoisotopic (exact) mass is 443 g/mol. The van der Waals surface area contributed by atoms with E-state index in [4.69, 9.17) is 0 Å². The fourth-order valence-electron chi connectivity index (χ4n) is 2.88. The minimum absolute atomic E-state index is 0.0303. The first kappa shape index (κ1) is 18.9. The second kappa shape index (κ2) is 7.18. The van der Waals surface area contributed by atoms with Gasteiger partial charge < -0.3 is 15.7 Å². The first-order valence-electron chi connectivity index (χ1n) is 9.21. The largest absolute Gasteiger partial charge is 0.389 e. The summed E-state index contributed by atoms with van der Waals surface area (Å²) in [5.41, 5.74) is 2.28. The van der Waals surface area contributed by atoms with E-state index in [0.717, 1.165) is 24.1 Å². The number of aliphatic hydroxyl groups is 1. The highest BCUT2D eigenvalue weighted by atomic mass is 79.9. The van der Waals surface area contributed by atoms with Crippen molar-refractivity contribution >= 4 is 33.3 Å². The van der Waals surface area contributed by atoms with Crippen molar-refractivity contribution in [3.8, 4) is 11.3 Å². The Labute approximate surface area is 171 Å². The summed E-state index contributed by atoms with van der Waals surface area (Å²) in [5.74, 6) is 0.556. The third-order valence-electron chi connectivity index (χ3n) is 4.51. The lowest BCUT2D eigenvalue weighted by atomic mass is 10.1. The minimum atomic E-state index is -0.868. The SMILES string of the molecule is CC(C)(O)CNc1nc(Br)cn2c(-c3ccc(C(=O)NC4CC4)cc3)cnc12. The Hall–Kier alpha value is -2.45. The van der Waals surface area contributed by atoms with Gasteiger partial charge in [0.05, 0.1) is 17.5 Å². The maximum Gasteiger partial charge on any atom is 0.251 e. The van der Waals surface area contributed by atoms with E-state index in [1.807, 2.05) is 34.9 Å². The third-order valence-corrected chi connectivity index (χ3v) is 4.89. The maximum absolute atomic E-state index is 12.2. The van der Waals surface area contributed by atoms with Crippen molar-refractivity contribution in [1.29, 1.82) is 0 Å². The van der Waals surface area contributed by atoms with Gasteiger partial charge in [0.2, 0.25) is 0 Å². The average Bonchev–Trinajstić information content (AvgIpc) is 3.35. The van der Waals surface area contributed by atoms with Crippen molar-refractivity contribution in [3.63, 3.8) is 0 Å². The fourth-order valence-corrected chi connectivity index (χ4v) is 3.26. The number of benzene rings is 1. The zero-order valence-electron chi connectivity index (χ0n) is 15.7. The molecule has 0 unspecified atom stereocenters. The summed E-state index contributed by atoms with van der Waals surface area (Å²) >= 11 is 3.44. The number of hydrogen-bond donors (Lipinski definition) is 3. The van der Waals surface area contributed by atoms with Crippen molar-refractivity contribution < 1.29 is 9.90 Å². The van der Waals surface area contributed by atoms with Gasteiger partial charge in [0.25, 0.3) is 5.91 Å². The van der Waals surface area contributed by atoms with E-state index >= 15 is 0 Å². The van der Waals surface area contributed by atoms with Gasteiger partial charge in [0, 0.05) is 29.9 Å². The zero-order valence-corrected chi connectivity index (χ0v) is 17.3. The highest BCUT2D eigenvalue weighted by molar-refractivity contribution is 9.10. The molecule has 8 heteroatoms. The van der Waals surface area contributed by atoms with Crippen molar-refractivity contribution in [1.82, 2.24) is 19.7 Å². The zero-order chi connectivity index (χ0) is 19.9. The normalized spacial score (nSPS) is 14.3. The van der Waals surface area contributed by atoms with Crippen molar-refractivity contribution in [2.24, 2.45) is 0 Å². The fraction of sp³-hybridized carbons (Fsp3) is 0.350. The maximum atomic E-state index is 12.2. The first-order chi connectivity index (χ1) is 13.3. The van der Waals surface area contributed by atoms with E-state index in [0.29, 0.717) is 34.2 Å². The van der Waals surface area contributed by atoms with Crippen LogP contribution in [0, 0.1) is 0 Å². The number of rotatable bonds is 6. The number of carbonyl (C=O) groups excluding carboxylic acids is 1. The summed E-state index contributed by atoms with van der Waals surface area (Å²) in [6, 6.07) is 7.84. The van der Waals surface area contributed by atoms with Crippen LogP contribution in [0.25, 0.3) is 16.9 Å². The number of nitrogens with zero attached hydrogens (tertiary/aromatic N) is 3. The molecule has 146 valence electrons. The van der Waals surface area contributed by atoms with Gasteiger partial charge >= 0.3 is 0 Å². The Balaban J connectivity index is 1.63. The standard InChI is InChI=1S/C20H22BrN5O2/c1-20(2,28)11-23-17-18-22-9-15(26(18)10-16(21)25-17)12-3-5-13(6-4-12)19(27)24-14-7-8-14/h3-6,9-10,14,28H,7-8,11H2,1-2H3,(H,23,25)(H,24,27). The van der Waals surface area contributed by atoms with Gasteiger partial charge in [-0.2, -0.15) is 0 Å². The Morgan fingerprint density at radius 3 is 2.68 bits per heavy atom. The summed E-state index contributed by atoms with van der Waals surface area (Å²) in [5, 5.41) is 16.1. The molecule has 0 spiro atoms. The van der Waals surface area contributed by atoms with Crippen LogP contribution in [0.3, 0.4) is 0 Å². The lowest BCUT2D eigenvalue weighted by Crippen LogP contribution is -2.29. The molecular formula is C20H22BrN5O2. The molecular weight excluding hydrogens is 422 g/mol. The molecule has 2 aromatic heterocycles. The third kappa shape index (κ3) is 4.18. The van der Waals surface area contributed by atoms with Gasteiger partial charge in [-0.05, 0) is 54.8 Å². The molecule has 1 aliphatic rings. The molecule has 4 rings (SSSR count). The van der Waals surface area contributed by atoms with Crippen LogP contribution in [0.5, 0.6) is 0 Å². The molecule has 1 saturated carbocycles. The highest BCUT2D eigenvalue weighted by Crippen LogP contribution is 2.26. The van der Waals surface area contributed by atoms with Gasteiger partial charge in [0.15, 0.2) is 11.5 Å². The van der Waals surface area contributed by atoms with Crippen LogP contribution in [0.2, 0.25) is 0 Å². The summed E-state index contributed by atoms with van der Waals surface area (Å²) in [7, 11) is 0. The Morgan fingerprint density at radius 2 is 2.04 bits per heavy atom. The van der Waals surface area contributed by atoms with Crippen LogP contribution in [0.1, 0.15) is 37.0 Å². The molecule has 3 aromatic rings. The van der Waals surface area contributed by atoms with Crippen LogP contribution in [-0.2, 0) is 0 Å². The first-order valence-corrected chi connectivity index (χ1v) is 10.0. The van der Waals surface area contributed by atoms with Gasteiger partial charge in [-0.15, -0.1) is 0 Å². The lowest BCUT2D eigenvalue weighted by molar-refractivity contribution is 0.0939. The molecule has 1 aliphatic carbocycles. The number of hydrogen-bond acceptors (Lipinski definition) is 5. The number of imidazole rings is 1. The minimum Gasteiger partial charge on any atom is -0.389 e. The summed E-state index contributed by atoms with van der Waals surface area (Å²) in [6.45, 7) is 3.80. The van der Waals surface area contributed by atoms with Gasteiger partial charge in [-0.1, -0.05) is 12.1 Å². The predicted molar refractivity (Wildman–Crippen MR) is 111 cm³/mol. The van der Waals surface area contributed by atoms with Crippen LogP contribution in [-0.4, -0.2) is 43.6 Å². The number of aromatic nitrogens is 3. The van der Waals surface area contributed by atoms with Crippen molar-refractivity contribution in [2.75, 3.05) is 11.9 Å². The van der Waals surface area contributed by atoms with Crippen LogP contribution in [0.4, 0.5) is 5.82 Å². The van der Waals surface area contributed by atoms with Crippen LogP contribution < -0.4 is 10.6 Å². The molecule has 28 heavy (non-hydrogen) atoms. The molecule has 3 N–H and O–H groups in total. The second-order valence-electron chi connectivity index (χ2n) is 7.74. The highest BCUT2D eigenvalue weighted by Gasteiger charge is 2.23. The number of halogens is 1. The molecule has 0 radical (unpaired) electrons. The molecule has 1 aromatic carbocycles. The molecule has 1 amide bonds. The van der Waals surface area contributed by atoms with E-state index < -0.39 is 5.60 Å². The number of carbonyl (C=O) groups is 1. The molecule has 0 atom stereocenters. The van der Waals surface area contributed by atoms with E-state index in [2.05, 4.69) is 36.5 Å². The number of anilines is 1. The van der Waals surface area contributed by atoms with Crippen molar-refractivity contribution in [3.05, 3.63) is 46.8 Å². The Morgan fingerprint density at radius 1 is 1.32 bits per heavy atom. The number of fused-ring (bicyclic) bond motifs is 1. The summed E-state index contributed by atoms with van der Waals surface area (Å²) in [6.07, 6.45) is 5.76. The van der Waals surface area contributed by atoms with Crippen molar-refractivity contribution in [2.45, 2.75) is 38.3 Å². The topological polar surface area (TPSA) is 91.5 Å². The molecule has 0 bridgehead atoms. The number of amides is 1. The molecule has 1 fully saturated rings. The lowest BCUT2D eigenvalue weighted by Gasteiger charge is -2.18. The summed E-state index contributed by atoms with van der Waals surface area (Å²) in [4.78, 5) is 21.1.